The molecule has 29 heteroatoms. The van der Waals surface area contributed by atoms with E-state index < -0.39 is 59.7 Å². The molecule has 0 radical (unpaired) electrons. The number of fused-ring (bicyclic) bond motifs is 14. The fourth-order valence-corrected chi connectivity index (χ4v) is 14.3. The Bertz CT molecular complexity index is 3560. The Morgan fingerprint density at radius 1 is 0.709 bits per heavy atom. The largest absolute Gasteiger partial charge is 0.473 e. The number of hydrogen-bond acceptors (Lipinski definition) is 22. The summed E-state index contributed by atoms with van der Waals surface area (Å²) in [5.41, 5.74) is 8.67. The van der Waals surface area contributed by atoms with E-state index in [0.29, 0.717) is 88.3 Å². The van der Waals surface area contributed by atoms with Crippen molar-refractivity contribution in [2.24, 2.45) is 22.6 Å². The molecule has 0 saturated carbocycles. The predicted molar refractivity (Wildman–Crippen MR) is 300 cm³/mol. The zero-order valence-electron chi connectivity index (χ0n) is 43.1. The molecular formula is C50H51N15O8S6. The van der Waals surface area contributed by atoms with Gasteiger partial charge in [-0.3, -0.25) is 33.6 Å². The van der Waals surface area contributed by atoms with Crippen molar-refractivity contribution in [2.45, 2.75) is 84.1 Å². The van der Waals surface area contributed by atoms with Gasteiger partial charge in [-0.2, -0.15) is 0 Å². The number of nitrogens with one attached hydrogen (secondary N) is 5. The van der Waals surface area contributed by atoms with E-state index in [1.54, 1.807) is 29.1 Å². The van der Waals surface area contributed by atoms with Crippen LogP contribution in [0.25, 0.3) is 43.4 Å². The van der Waals surface area contributed by atoms with Gasteiger partial charge >= 0.3 is 0 Å². The first-order valence-corrected chi connectivity index (χ1v) is 30.1. The molecule has 7 N–H and O–H groups in total. The summed E-state index contributed by atoms with van der Waals surface area (Å²) in [5, 5.41) is 25.8. The zero-order chi connectivity index (χ0) is 55.8. The van der Waals surface area contributed by atoms with Crippen LogP contribution in [0.5, 0.6) is 0 Å². The van der Waals surface area contributed by atoms with Crippen LogP contribution in [0.2, 0.25) is 0 Å². The number of pyridine rings is 1. The van der Waals surface area contributed by atoms with Crippen LogP contribution in [-0.2, 0) is 23.9 Å². The van der Waals surface area contributed by atoms with Gasteiger partial charge in [0.05, 0.1) is 36.8 Å². The summed E-state index contributed by atoms with van der Waals surface area (Å²) >= 11 is 7.54. The molecule has 23 nitrogen and oxygen atoms in total. The van der Waals surface area contributed by atoms with Crippen molar-refractivity contribution in [3.63, 3.8) is 0 Å². The van der Waals surface area contributed by atoms with Gasteiger partial charge in [-0.1, -0.05) is 27.7 Å². The minimum absolute atomic E-state index is 0.0141. The molecule has 1 saturated heterocycles. The first-order valence-electron chi connectivity index (χ1n) is 24.9. The SMILES string of the molecule is CNC(=O)CC1NC(=O)c2csc(n2)-c2ccc(-c3nc(C4=NC(C(=O)N5CCCC5C(N)=O)CO4)cs3)nc2-c2csc(n2)-c2csc(n2)C(C(C)C)NC(=O)CNC(=O)c2csc(n2)C(C(C)C)NC(=O)c2nc1sc2C. The van der Waals surface area contributed by atoms with E-state index in [-0.39, 0.29) is 66.2 Å². The van der Waals surface area contributed by atoms with Crippen LogP contribution >= 0.6 is 68.0 Å². The number of aliphatic imine (C=N–C) groups is 1. The normalized spacial score (nSPS) is 20.0. The molecule has 0 aromatic carbocycles. The van der Waals surface area contributed by atoms with Gasteiger partial charge < -0.3 is 42.0 Å². The molecule has 10 heterocycles. The summed E-state index contributed by atoms with van der Waals surface area (Å²) < 4.78 is 5.88. The van der Waals surface area contributed by atoms with Gasteiger partial charge in [-0.15, -0.1) is 68.0 Å². The Kier molecular flexibility index (Phi) is 16.1. The lowest BCUT2D eigenvalue weighted by Crippen LogP contribution is -2.47. The van der Waals surface area contributed by atoms with Crippen LogP contribution in [0.15, 0.2) is 44.0 Å². The first-order chi connectivity index (χ1) is 37.9. The van der Waals surface area contributed by atoms with Crippen molar-refractivity contribution < 1.29 is 38.3 Å². The maximum Gasteiger partial charge on any atom is 0.271 e. The Hall–Kier alpha value is -7.31. The van der Waals surface area contributed by atoms with E-state index in [2.05, 4.69) is 41.5 Å². The predicted octanol–water partition coefficient (Wildman–Crippen LogP) is 5.71. The molecule has 3 aliphatic rings. The fourth-order valence-electron chi connectivity index (χ4n) is 8.87. The molecule has 0 aliphatic carbocycles. The lowest BCUT2D eigenvalue weighted by Gasteiger charge is -2.23. The molecular weight excluding hydrogens is 1130 g/mol. The summed E-state index contributed by atoms with van der Waals surface area (Å²) in [4.78, 5) is 134. The van der Waals surface area contributed by atoms with Crippen molar-refractivity contribution in [1.29, 1.82) is 0 Å². The number of carbonyl (C=O) groups excluding carboxylic acids is 7. The molecule has 7 aromatic rings. The van der Waals surface area contributed by atoms with Crippen LogP contribution in [0.3, 0.4) is 0 Å². The maximum absolute atomic E-state index is 14.2. The van der Waals surface area contributed by atoms with Crippen molar-refractivity contribution in [3.05, 3.63) is 81.7 Å². The third-order valence-electron chi connectivity index (χ3n) is 13.0. The average molecular weight is 1180 g/mol. The van der Waals surface area contributed by atoms with E-state index in [0.717, 1.165) is 11.3 Å². The van der Waals surface area contributed by atoms with Gasteiger partial charge in [0.15, 0.2) is 6.04 Å². The summed E-state index contributed by atoms with van der Waals surface area (Å²) in [7, 11) is 1.48. The Morgan fingerprint density at radius 3 is 2.08 bits per heavy atom. The number of amides is 7. The van der Waals surface area contributed by atoms with E-state index in [4.69, 9.17) is 35.4 Å². The molecule has 10 rings (SSSR count). The number of aryl methyl sites for hydroxylation is 1. The molecule has 5 atom stereocenters. The van der Waals surface area contributed by atoms with Gasteiger partial charge in [0.2, 0.25) is 23.6 Å². The van der Waals surface area contributed by atoms with Gasteiger partial charge in [0.25, 0.3) is 23.6 Å². The standard InChI is InChI=1S/C50H51N15O8S6/c1-20(2)35-48-61-31(19-78-48)46-57-27(15-75-46)38-23(9-10-24(54-38)45-60-30(18-76-45)43-56-26(14-73-43)50(72)65-11-7-8-32(65)39(51)68)44-58-29(17-74-44)41(70)55-25(12-33(66)52-6)47-64-37(22(5)79-47)42(71)63-36(21(3)4)49-59-28(16-77-49)40(69)53-13-34(67)62-35/h9-10,15-21,25-26,32,35-36H,7-8,11-14H2,1-6H3,(H2,51,68)(H,52,66)(H,53,69)(H,55,70)(H,62,67)(H,63,71). The highest BCUT2D eigenvalue weighted by Crippen LogP contribution is 2.39. The minimum Gasteiger partial charge on any atom is -0.473 e. The molecule has 1 fully saturated rings. The number of nitrogens with two attached hydrogens (primary N) is 1. The van der Waals surface area contributed by atoms with E-state index in [9.17, 15) is 33.6 Å². The van der Waals surface area contributed by atoms with Gasteiger partial charge in [-0.25, -0.2) is 39.9 Å². The van der Waals surface area contributed by atoms with Crippen molar-refractivity contribution >= 4 is 115 Å². The van der Waals surface area contributed by atoms with Crippen molar-refractivity contribution in [3.8, 4) is 43.4 Å². The molecule has 5 unspecified atom stereocenters. The molecule has 0 spiro atoms. The quantitative estimate of drug-likeness (QED) is 0.106. The second-order valence-electron chi connectivity index (χ2n) is 19.2. The lowest BCUT2D eigenvalue weighted by atomic mass is 10.0. The summed E-state index contributed by atoms with van der Waals surface area (Å²) in [6.45, 7) is 9.50. The number of aromatic nitrogens is 7. The van der Waals surface area contributed by atoms with E-state index in [1.165, 1.54) is 68.6 Å². The fraction of sp³-hybridized carbons (Fsp3) is 0.380. The Balaban J connectivity index is 1.00. The smallest absolute Gasteiger partial charge is 0.271 e. The van der Waals surface area contributed by atoms with Gasteiger partial charge in [0, 0.05) is 50.9 Å². The zero-order valence-corrected chi connectivity index (χ0v) is 48.0. The molecule has 10 bridgehead atoms. The highest BCUT2D eigenvalue weighted by Gasteiger charge is 2.39. The molecule has 7 aromatic heterocycles. The summed E-state index contributed by atoms with van der Waals surface area (Å²) in [6.07, 6.45) is 0.968. The Labute approximate surface area is 475 Å². The highest BCUT2D eigenvalue weighted by atomic mass is 32.1. The second-order valence-corrected chi connectivity index (χ2v) is 24.8. The second kappa shape index (κ2) is 23.2. The minimum atomic E-state index is -0.955. The monoisotopic (exact) mass is 1180 g/mol. The molecule has 79 heavy (non-hydrogen) atoms. The molecule has 410 valence electrons. The molecule has 7 amide bonds. The van der Waals surface area contributed by atoms with Gasteiger partial charge in [0.1, 0.15) is 82.6 Å². The topological polar surface area (TPSA) is 321 Å². The number of nitrogens with zero attached hydrogens (tertiary/aromatic N) is 9. The molecule has 3 aliphatic heterocycles. The van der Waals surface area contributed by atoms with Crippen LogP contribution in [0.4, 0.5) is 0 Å². The summed E-state index contributed by atoms with van der Waals surface area (Å²) in [6, 6.07) is -0.0326. The summed E-state index contributed by atoms with van der Waals surface area (Å²) in [5.74, 6) is -3.45. The van der Waals surface area contributed by atoms with Crippen LogP contribution < -0.4 is 32.3 Å². The van der Waals surface area contributed by atoms with E-state index >= 15 is 0 Å². The third kappa shape index (κ3) is 11.7. The van der Waals surface area contributed by atoms with Crippen molar-refractivity contribution in [1.82, 2.24) is 66.4 Å². The van der Waals surface area contributed by atoms with Crippen molar-refractivity contribution in [2.75, 3.05) is 26.7 Å². The number of rotatable bonds is 8. The Morgan fingerprint density at radius 2 is 1.34 bits per heavy atom. The highest BCUT2D eigenvalue weighted by molar-refractivity contribution is 7.15. The average Bonchev–Trinajstić information content (AvgIpc) is 4.30. The van der Waals surface area contributed by atoms with Crippen LogP contribution in [-0.4, -0.2) is 126 Å². The number of likely N-dealkylation sites (tertiary alicyclic amines) is 1. The van der Waals surface area contributed by atoms with E-state index in [1.807, 2.05) is 44.5 Å². The first kappa shape index (κ1) is 55.0. The number of carbonyl (C=O) groups is 7. The number of ether oxygens (including phenoxy) is 1. The number of hydrogen-bond donors (Lipinski definition) is 6. The number of primary amides is 1. The van der Waals surface area contributed by atoms with Crippen LogP contribution in [0, 0.1) is 18.8 Å². The third-order valence-corrected chi connectivity index (χ3v) is 18.6. The number of thiazole rings is 6. The van der Waals surface area contributed by atoms with Gasteiger partial charge in [-0.05, 0) is 43.7 Å². The maximum atomic E-state index is 14.2. The van der Waals surface area contributed by atoms with Crippen LogP contribution in [0.1, 0.15) is 122 Å². The lowest BCUT2D eigenvalue weighted by molar-refractivity contribution is -0.138.